The van der Waals surface area contributed by atoms with Crippen LogP contribution in [0, 0.1) is 11.3 Å². The Morgan fingerprint density at radius 3 is 2.32 bits per heavy atom. The number of anilines is 1. The number of para-hydroxylation sites is 1. The number of nitrogens with zero attached hydrogens (tertiary/aromatic N) is 1. The molecule has 3 atom stereocenters. The lowest BCUT2D eigenvalue weighted by Crippen LogP contribution is -2.56. The molecule has 1 aromatic carbocycles. The highest BCUT2D eigenvalue weighted by molar-refractivity contribution is 6.16. The summed E-state index contributed by atoms with van der Waals surface area (Å²) in [6.07, 6.45) is 4.41. The number of Topliss-reactive ketones (excluding diaryl/α,β-unsaturated/α-hetero) is 2. The van der Waals surface area contributed by atoms with Gasteiger partial charge in [-0.2, -0.15) is 0 Å². The van der Waals surface area contributed by atoms with Crippen LogP contribution in [0.3, 0.4) is 0 Å². The van der Waals surface area contributed by atoms with Crippen molar-refractivity contribution in [3.8, 4) is 0 Å². The van der Waals surface area contributed by atoms with E-state index in [1.807, 2.05) is 30.3 Å². The lowest BCUT2D eigenvalue weighted by atomic mass is 9.61. The molecule has 3 aliphatic rings. The lowest BCUT2D eigenvalue weighted by molar-refractivity contribution is -0.163. The fraction of sp³-hybridized carbons (Fsp3) is 0.429. The highest BCUT2D eigenvalue weighted by Crippen LogP contribution is 2.55. The first kappa shape index (κ1) is 18.4. The Labute approximate surface area is 162 Å². The summed E-state index contributed by atoms with van der Waals surface area (Å²) in [5.41, 5.74) is -0.125. The molecule has 1 spiro atoms. The van der Waals surface area contributed by atoms with Gasteiger partial charge in [-0.05, 0) is 18.1 Å². The van der Waals surface area contributed by atoms with Crippen LogP contribution in [0.4, 0.5) is 5.69 Å². The second kappa shape index (κ2) is 6.58. The van der Waals surface area contributed by atoms with Crippen LogP contribution in [-0.4, -0.2) is 49.8 Å². The highest BCUT2D eigenvalue weighted by Gasteiger charge is 2.71. The van der Waals surface area contributed by atoms with E-state index in [9.17, 15) is 19.2 Å². The number of rotatable bonds is 2. The number of fused-ring (bicyclic) bond motifs is 4. The molecule has 4 rings (SSSR count). The van der Waals surface area contributed by atoms with Crippen LogP contribution in [0.25, 0.3) is 6.08 Å². The first-order valence-corrected chi connectivity index (χ1v) is 9.26. The number of carbonyl (C=O) groups excluding carboxylic acids is 4. The lowest BCUT2D eigenvalue weighted by Gasteiger charge is -2.40. The predicted octanol–water partition coefficient (Wildman–Crippen LogP) is 1.54. The molecule has 0 radical (unpaired) electrons. The highest BCUT2D eigenvalue weighted by atomic mass is 16.5. The summed E-state index contributed by atoms with van der Waals surface area (Å²) in [5.74, 6) is -3.31. The maximum Gasteiger partial charge on any atom is 0.329 e. The molecular weight excluding hydrogens is 362 g/mol. The van der Waals surface area contributed by atoms with Crippen molar-refractivity contribution in [3.05, 3.63) is 35.9 Å². The molecule has 2 aliphatic heterocycles. The summed E-state index contributed by atoms with van der Waals surface area (Å²) < 4.78 is 9.97. The van der Waals surface area contributed by atoms with Gasteiger partial charge >= 0.3 is 11.9 Å². The van der Waals surface area contributed by atoms with Crippen LogP contribution in [0.1, 0.15) is 24.8 Å². The van der Waals surface area contributed by atoms with Gasteiger partial charge < -0.3 is 14.4 Å². The van der Waals surface area contributed by atoms with E-state index >= 15 is 0 Å². The standard InChI is InChI=1S/C21H21NO6/c1-27-19(25)17-18(20(26)28-2)22-13-7-4-3-6-12(13)10-11-14(22)21(17)15(23)8-5-9-16(21)24/h3-4,6-7,10-11,14,17-18H,5,8-9H2,1-2H3. The number of methoxy groups -OCH3 is 2. The minimum atomic E-state index is -1.64. The molecule has 0 amide bonds. The largest absolute Gasteiger partial charge is 0.469 e. The number of ether oxygens (including phenoxy) is 2. The molecule has 1 saturated heterocycles. The molecule has 28 heavy (non-hydrogen) atoms. The first-order valence-electron chi connectivity index (χ1n) is 9.26. The molecule has 0 N–H and O–H groups in total. The van der Waals surface area contributed by atoms with E-state index in [4.69, 9.17) is 9.47 Å². The van der Waals surface area contributed by atoms with Gasteiger partial charge in [0, 0.05) is 18.5 Å². The smallest absolute Gasteiger partial charge is 0.329 e. The zero-order valence-corrected chi connectivity index (χ0v) is 15.7. The maximum absolute atomic E-state index is 13.2. The van der Waals surface area contributed by atoms with Crippen molar-refractivity contribution >= 4 is 35.3 Å². The molecule has 1 saturated carbocycles. The van der Waals surface area contributed by atoms with Gasteiger partial charge in [-0.3, -0.25) is 14.4 Å². The molecule has 2 heterocycles. The van der Waals surface area contributed by atoms with Gasteiger partial charge in [0.05, 0.1) is 20.3 Å². The van der Waals surface area contributed by atoms with Gasteiger partial charge in [-0.25, -0.2) is 4.79 Å². The third-order valence-corrected chi connectivity index (χ3v) is 6.17. The summed E-state index contributed by atoms with van der Waals surface area (Å²) in [5, 5.41) is 0. The van der Waals surface area contributed by atoms with Crippen molar-refractivity contribution in [1.82, 2.24) is 0 Å². The van der Waals surface area contributed by atoms with E-state index in [0.29, 0.717) is 12.1 Å². The first-order chi connectivity index (χ1) is 13.5. The number of benzene rings is 1. The third kappa shape index (κ3) is 2.22. The minimum Gasteiger partial charge on any atom is -0.469 e. The van der Waals surface area contributed by atoms with Crippen molar-refractivity contribution in [2.45, 2.75) is 31.3 Å². The quantitative estimate of drug-likeness (QED) is 0.565. The van der Waals surface area contributed by atoms with Crippen LogP contribution in [0.15, 0.2) is 30.3 Å². The van der Waals surface area contributed by atoms with Gasteiger partial charge in [-0.1, -0.05) is 30.4 Å². The van der Waals surface area contributed by atoms with Gasteiger partial charge in [-0.15, -0.1) is 0 Å². The topological polar surface area (TPSA) is 90.0 Å². The Bertz CT molecular complexity index is 888. The van der Waals surface area contributed by atoms with Crippen molar-refractivity contribution in [2.24, 2.45) is 11.3 Å². The van der Waals surface area contributed by atoms with Crippen molar-refractivity contribution < 1.29 is 28.7 Å². The number of hydrogen-bond acceptors (Lipinski definition) is 7. The minimum absolute atomic E-state index is 0.187. The fourth-order valence-electron chi connectivity index (χ4n) is 5.06. The summed E-state index contributed by atoms with van der Waals surface area (Å²) in [6.45, 7) is 0. The molecular formula is C21H21NO6. The normalized spacial score (nSPS) is 27.4. The molecule has 146 valence electrons. The average Bonchev–Trinajstić information content (AvgIpc) is 3.03. The van der Waals surface area contributed by atoms with E-state index in [1.54, 1.807) is 11.0 Å². The van der Waals surface area contributed by atoms with Crippen LogP contribution < -0.4 is 4.90 Å². The van der Waals surface area contributed by atoms with Gasteiger partial charge in [0.25, 0.3) is 0 Å². The summed E-state index contributed by atoms with van der Waals surface area (Å²) >= 11 is 0. The van der Waals surface area contributed by atoms with Crippen LogP contribution in [0.2, 0.25) is 0 Å². The van der Waals surface area contributed by atoms with E-state index in [2.05, 4.69) is 0 Å². The van der Waals surface area contributed by atoms with E-state index in [-0.39, 0.29) is 24.4 Å². The second-order valence-corrected chi connectivity index (χ2v) is 7.31. The molecule has 7 heteroatoms. The third-order valence-electron chi connectivity index (χ3n) is 6.17. The van der Waals surface area contributed by atoms with E-state index < -0.39 is 35.4 Å². The Kier molecular flexibility index (Phi) is 4.33. The van der Waals surface area contributed by atoms with Crippen LogP contribution in [-0.2, 0) is 28.7 Å². The van der Waals surface area contributed by atoms with Crippen LogP contribution >= 0.6 is 0 Å². The number of hydrogen-bond donors (Lipinski definition) is 0. The summed E-state index contributed by atoms with van der Waals surface area (Å²) in [7, 11) is 2.43. The molecule has 7 nitrogen and oxygen atoms in total. The van der Waals surface area contributed by atoms with Crippen molar-refractivity contribution in [3.63, 3.8) is 0 Å². The number of carbonyl (C=O) groups is 4. The Morgan fingerprint density at radius 2 is 1.68 bits per heavy atom. The second-order valence-electron chi connectivity index (χ2n) is 7.31. The predicted molar refractivity (Wildman–Crippen MR) is 99.4 cm³/mol. The zero-order valence-electron chi connectivity index (χ0n) is 15.7. The average molecular weight is 383 g/mol. The van der Waals surface area contributed by atoms with Gasteiger partial charge in [0.1, 0.15) is 28.9 Å². The van der Waals surface area contributed by atoms with Crippen molar-refractivity contribution in [2.75, 3.05) is 19.1 Å². The molecule has 2 fully saturated rings. The van der Waals surface area contributed by atoms with Crippen molar-refractivity contribution in [1.29, 1.82) is 0 Å². The molecule has 1 aliphatic carbocycles. The van der Waals surface area contributed by atoms with Gasteiger partial charge in [0.2, 0.25) is 0 Å². The van der Waals surface area contributed by atoms with E-state index in [1.165, 1.54) is 14.2 Å². The monoisotopic (exact) mass is 383 g/mol. The number of esters is 2. The fourth-order valence-corrected chi connectivity index (χ4v) is 5.06. The molecule has 1 aromatic rings. The maximum atomic E-state index is 13.2. The van der Waals surface area contributed by atoms with Gasteiger partial charge in [0.15, 0.2) is 0 Å². The Balaban J connectivity index is 2.01. The van der Waals surface area contributed by atoms with Crippen LogP contribution in [0.5, 0.6) is 0 Å². The SMILES string of the molecule is COC(=O)C1C(C(=O)OC)C2(C(=O)CCCC2=O)C2C=Cc3ccccc3N12. The Hall–Kier alpha value is -2.96. The molecule has 0 bridgehead atoms. The number of ketones is 2. The molecule has 3 unspecified atom stereocenters. The summed E-state index contributed by atoms with van der Waals surface area (Å²) in [6, 6.07) is 5.49. The van der Waals surface area contributed by atoms with E-state index in [0.717, 1.165) is 5.56 Å². The zero-order chi connectivity index (χ0) is 20.1. The Morgan fingerprint density at radius 1 is 1.04 bits per heavy atom. The molecule has 0 aromatic heterocycles. The summed E-state index contributed by atoms with van der Waals surface area (Å²) in [4.78, 5) is 53.9.